The number of allylic oxidation sites excluding steroid dienone is 1. The Kier molecular flexibility index (Phi) is 8.23. The molecule has 5 rings (SSSR count). The van der Waals surface area contributed by atoms with Crippen LogP contribution in [0.2, 0.25) is 0 Å². The lowest BCUT2D eigenvalue weighted by Gasteiger charge is -2.58. The molecular formula is C34H50NO4-. The van der Waals surface area contributed by atoms with E-state index in [0.717, 1.165) is 54.8 Å². The molecular weight excluding hydrogens is 486 g/mol. The van der Waals surface area contributed by atoms with Crippen LogP contribution in [-0.4, -0.2) is 17.3 Å². The molecule has 8 atom stereocenters. The molecule has 1 aromatic rings. The number of rotatable bonds is 8. The van der Waals surface area contributed by atoms with Crippen LogP contribution in [0.1, 0.15) is 116 Å². The van der Waals surface area contributed by atoms with Crippen LogP contribution in [0.15, 0.2) is 35.9 Å². The Hall–Kier alpha value is -1.85. The third-order valence-corrected chi connectivity index (χ3v) is 11.9. The summed E-state index contributed by atoms with van der Waals surface area (Å²) in [4.78, 5) is 12.8. The molecule has 5 heteroatoms. The highest BCUT2D eigenvalue weighted by Crippen LogP contribution is 2.67. The number of fused-ring (bicyclic) bond motifs is 5. The molecule has 1 aromatic carbocycles. The van der Waals surface area contributed by atoms with Gasteiger partial charge in [-0.05, 0) is 116 Å². The third-order valence-electron chi connectivity index (χ3n) is 11.9. The number of benzene rings is 1. The highest BCUT2D eigenvalue weighted by atomic mass is 16.8. The van der Waals surface area contributed by atoms with Crippen molar-refractivity contribution in [2.24, 2.45) is 46.3 Å². The number of carbonyl (C=O) groups is 1. The Morgan fingerprint density at radius 2 is 1.79 bits per heavy atom. The first-order valence-electron chi connectivity index (χ1n) is 15.7. The summed E-state index contributed by atoms with van der Waals surface area (Å²) in [6.07, 6.45) is 16.2. The predicted octanol–water partition coefficient (Wildman–Crippen LogP) is 8.95. The average Bonchev–Trinajstić information content (AvgIpc) is 3.26. The van der Waals surface area contributed by atoms with Crippen molar-refractivity contribution >= 4 is 11.7 Å². The molecule has 0 amide bonds. The van der Waals surface area contributed by atoms with E-state index >= 15 is 0 Å². The highest BCUT2D eigenvalue weighted by Gasteiger charge is 2.59. The monoisotopic (exact) mass is 536 g/mol. The maximum Gasteiger partial charge on any atom is 0.338 e. The number of anilines is 1. The van der Waals surface area contributed by atoms with E-state index in [-0.39, 0.29) is 28.4 Å². The van der Waals surface area contributed by atoms with Crippen LogP contribution in [0.25, 0.3) is 0 Å². The molecule has 3 fully saturated rings. The molecule has 216 valence electrons. The molecule has 4 aliphatic carbocycles. The fraction of sp³-hybridized carbons (Fsp3) is 0.735. The minimum Gasteiger partial charge on any atom is -0.733 e. The van der Waals surface area contributed by atoms with Crippen LogP contribution in [0.5, 0.6) is 0 Å². The van der Waals surface area contributed by atoms with Crippen LogP contribution in [0.3, 0.4) is 0 Å². The first-order valence-corrected chi connectivity index (χ1v) is 15.7. The molecule has 0 aliphatic heterocycles. The van der Waals surface area contributed by atoms with E-state index in [1.165, 1.54) is 81.2 Å². The van der Waals surface area contributed by atoms with Gasteiger partial charge in [0.05, 0.1) is 11.3 Å². The molecule has 0 heterocycles. The molecule has 0 spiro atoms. The van der Waals surface area contributed by atoms with Gasteiger partial charge in [0.15, 0.2) is 0 Å². The van der Waals surface area contributed by atoms with Crippen LogP contribution >= 0.6 is 0 Å². The van der Waals surface area contributed by atoms with E-state index in [1.807, 2.05) is 0 Å². The van der Waals surface area contributed by atoms with E-state index in [2.05, 4.69) is 40.7 Å². The number of carbonyl (C=O) groups excluding carboxylic acids is 1. The predicted molar refractivity (Wildman–Crippen MR) is 156 cm³/mol. The van der Waals surface area contributed by atoms with E-state index in [0.29, 0.717) is 11.0 Å². The van der Waals surface area contributed by atoms with Gasteiger partial charge in [0, 0.05) is 6.42 Å². The van der Waals surface area contributed by atoms with Gasteiger partial charge in [0.1, 0.15) is 6.10 Å². The van der Waals surface area contributed by atoms with Crippen molar-refractivity contribution in [3.63, 3.8) is 0 Å². The minimum atomic E-state index is -0.354. The van der Waals surface area contributed by atoms with Crippen molar-refractivity contribution < 1.29 is 14.7 Å². The molecule has 0 radical (unpaired) electrons. The van der Waals surface area contributed by atoms with Crippen molar-refractivity contribution in [3.05, 3.63) is 46.7 Å². The van der Waals surface area contributed by atoms with Gasteiger partial charge in [0.2, 0.25) is 0 Å². The van der Waals surface area contributed by atoms with E-state index < -0.39 is 0 Å². The first-order chi connectivity index (χ1) is 18.5. The zero-order valence-electron chi connectivity index (χ0n) is 24.8. The van der Waals surface area contributed by atoms with Gasteiger partial charge in [-0.25, -0.2) is 4.79 Å². The van der Waals surface area contributed by atoms with Crippen LogP contribution in [0.4, 0.5) is 5.69 Å². The second-order valence-electron chi connectivity index (χ2n) is 14.4. The second kappa shape index (κ2) is 11.2. The van der Waals surface area contributed by atoms with E-state index in [1.54, 1.807) is 0 Å². The number of esters is 1. The van der Waals surface area contributed by atoms with Gasteiger partial charge in [0.25, 0.3) is 0 Å². The van der Waals surface area contributed by atoms with Crippen LogP contribution < -0.4 is 5.23 Å². The van der Waals surface area contributed by atoms with Gasteiger partial charge >= 0.3 is 5.97 Å². The lowest BCUT2D eigenvalue weighted by molar-refractivity contribution is -0.0594. The maximum absolute atomic E-state index is 12.8. The van der Waals surface area contributed by atoms with Gasteiger partial charge in [-0.2, -0.15) is 0 Å². The summed E-state index contributed by atoms with van der Waals surface area (Å²) in [5.41, 5.74) is 2.76. The van der Waals surface area contributed by atoms with Gasteiger partial charge in [-0.1, -0.05) is 65.5 Å². The van der Waals surface area contributed by atoms with Gasteiger partial charge < -0.3 is 15.2 Å². The molecule has 39 heavy (non-hydrogen) atoms. The summed E-state index contributed by atoms with van der Waals surface area (Å²) in [5.74, 6) is 4.58. The van der Waals surface area contributed by atoms with Gasteiger partial charge in [-0.3, -0.25) is 5.21 Å². The zero-order chi connectivity index (χ0) is 27.9. The van der Waals surface area contributed by atoms with Crippen LogP contribution in [0, 0.1) is 51.5 Å². The van der Waals surface area contributed by atoms with Crippen molar-refractivity contribution in [3.8, 4) is 0 Å². The lowest BCUT2D eigenvalue weighted by atomic mass is 9.47. The fourth-order valence-electron chi connectivity index (χ4n) is 9.70. The third kappa shape index (κ3) is 5.43. The first kappa shape index (κ1) is 28.7. The summed E-state index contributed by atoms with van der Waals surface area (Å²) in [7, 11) is 0. The quantitative estimate of drug-likeness (QED) is 0.204. The average molecular weight is 537 g/mol. The summed E-state index contributed by atoms with van der Waals surface area (Å²) in [6.45, 7) is 12.4. The lowest BCUT2D eigenvalue weighted by Crippen LogP contribution is -2.51. The molecule has 4 aliphatic rings. The molecule has 0 bridgehead atoms. The molecule has 5 nitrogen and oxygen atoms in total. The normalized spacial score (nSPS) is 36.4. The Balaban J connectivity index is 1.23. The molecule has 3 saturated carbocycles. The topological polar surface area (TPSA) is 72.8 Å². The standard InChI is InChI=1S/C34H50NO4/c1-22(2)7-6-8-23(3)29-15-16-30-28-14-11-25-21-27(17-19-33(25,4)31(28)18-20-34(29,30)5)39-32(36)24-9-12-26(13-10-24)35(37)38/h9-13,22-23,27-31,37H,6-8,14-21H2,1-5H3/q-1. The van der Waals surface area contributed by atoms with Gasteiger partial charge in [-0.15, -0.1) is 0 Å². The van der Waals surface area contributed by atoms with Crippen molar-refractivity contribution in [2.75, 3.05) is 5.23 Å². The summed E-state index contributed by atoms with van der Waals surface area (Å²) >= 11 is 0. The number of hydrogen-bond acceptors (Lipinski definition) is 5. The fourth-order valence-corrected chi connectivity index (χ4v) is 9.70. The Morgan fingerprint density at radius 3 is 2.49 bits per heavy atom. The number of hydrogen-bond donors (Lipinski definition) is 1. The summed E-state index contributed by atoms with van der Waals surface area (Å²) < 4.78 is 5.95. The zero-order valence-corrected chi connectivity index (χ0v) is 24.8. The number of ether oxygens (including phenoxy) is 1. The Labute approximate surface area is 235 Å². The van der Waals surface area contributed by atoms with Crippen molar-refractivity contribution in [2.45, 2.75) is 111 Å². The molecule has 0 aromatic heterocycles. The summed E-state index contributed by atoms with van der Waals surface area (Å²) in [6, 6.07) is 5.94. The smallest absolute Gasteiger partial charge is 0.338 e. The SMILES string of the molecule is CC(C)CCCC(C)C1CCC2C3CC=C4CC(OC(=O)c5ccc(N([O-])O)cc5)CCC4(C)C3CCC12C. The second-order valence-corrected chi connectivity index (χ2v) is 14.4. The van der Waals surface area contributed by atoms with Crippen molar-refractivity contribution in [1.82, 2.24) is 0 Å². The molecule has 0 saturated heterocycles. The maximum atomic E-state index is 12.8. The minimum absolute atomic E-state index is 0.0969. The number of nitrogens with zero attached hydrogens (tertiary/aromatic N) is 1. The Bertz CT molecular complexity index is 1050. The van der Waals surface area contributed by atoms with Crippen LogP contribution in [-0.2, 0) is 4.74 Å². The largest absolute Gasteiger partial charge is 0.733 e. The molecule has 8 unspecified atom stereocenters. The molecule has 1 N–H and O–H groups in total. The van der Waals surface area contributed by atoms with E-state index in [4.69, 9.17) is 9.94 Å². The highest BCUT2D eigenvalue weighted by molar-refractivity contribution is 5.90. The Morgan fingerprint density at radius 1 is 1.05 bits per heavy atom. The summed E-state index contributed by atoms with van der Waals surface area (Å²) in [5, 5.41) is 19.9. The van der Waals surface area contributed by atoms with E-state index in [9.17, 15) is 10.0 Å². The van der Waals surface area contributed by atoms with Crippen molar-refractivity contribution in [1.29, 1.82) is 0 Å².